The Balaban J connectivity index is 1.62. The van der Waals surface area contributed by atoms with Gasteiger partial charge in [0.1, 0.15) is 0 Å². The fraction of sp³-hybridized carbons (Fsp3) is 0.867. The first-order chi connectivity index (χ1) is 9.62. The molecule has 20 heavy (non-hydrogen) atoms. The Morgan fingerprint density at radius 1 is 1.10 bits per heavy atom. The first kappa shape index (κ1) is 13.9. The van der Waals surface area contributed by atoms with Crippen LogP contribution in [0.2, 0.25) is 0 Å². The van der Waals surface area contributed by atoms with E-state index in [2.05, 4.69) is 4.90 Å². The van der Waals surface area contributed by atoms with Gasteiger partial charge in [-0.1, -0.05) is 0 Å². The highest BCUT2D eigenvalue weighted by Crippen LogP contribution is 2.41. The number of hydrogen-bond acceptors (Lipinski definition) is 3. The molecule has 1 heterocycles. The number of morpholine rings is 1. The molecule has 1 spiro atoms. The predicted octanol–water partition coefficient (Wildman–Crippen LogP) is 1.66. The summed E-state index contributed by atoms with van der Waals surface area (Å²) < 4.78 is 5.57. The summed E-state index contributed by atoms with van der Waals surface area (Å²) in [5, 5.41) is 9.03. The number of ether oxygens (including phenoxy) is 1. The molecule has 0 unspecified atom stereocenters. The quantitative estimate of drug-likeness (QED) is 0.836. The molecule has 2 saturated carbocycles. The molecule has 1 amide bonds. The van der Waals surface area contributed by atoms with Crippen molar-refractivity contribution in [3.05, 3.63) is 0 Å². The topological polar surface area (TPSA) is 66.8 Å². The van der Waals surface area contributed by atoms with Gasteiger partial charge < -0.3 is 14.7 Å². The van der Waals surface area contributed by atoms with Crippen LogP contribution in [-0.4, -0.2) is 47.2 Å². The molecular weight excluding hydrogens is 258 g/mol. The third-order valence-corrected chi connectivity index (χ3v) is 5.38. The lowest BCUT2D eigenvalue weighted by Crippen LogP contribution is -2.63. The zero-order valence-corrected chi connectivity index (χ0v) is 11.8. The molecule has 1 N–H and O–H groups in total. The maximum atomic E-state index is 12.8. The van der Waals surface area contributed by atoms with Crippen LogP contribution in [0.3, 0.4) is 0 Å². The van der Waals surface area contributed by atoms with Crippen molar-refractivity contribution in [2.75, 3.05) is 19.8 Å². The summed E-state index contributed by atoms with van der Waals surface area (Å²) in [5.74, 6) is -0.683. The van der Waals surface area contributed by atoms with E-state index in [1.165, 1.54) is 6.42 Å². The van der Waals surface area contributed by atoms with Crippen LogP contribution in [0.1, 0.15) is 44.9 Å². The molecule has 0 aromatic heterocycles. The van der Waals surface area contributed by atoms with E-state index < -0.39 is 5.97 Å². The Labute approximate surface area is 119 Å². The van der Waals surface area contributed by atoms with Crippen molar-refractivity contribution in [3.63, 3.8) is 0 Å². The number of hydrogen-bond donors (Lipinski definition) is 1. The molecule has 3 fully saturated rings. The van der Waals surface area contributed by atoms with Gasteiger partial charge in [0.15, 0.2) is 0 Å². The maximum absolute atomic E-state index is 12.8. The summed E-state index contributed by atoms with van der Waals surface area (Å²) in [6.45, 7) is 2.03. The van der Waals surface area contributed by atoms with Crippen LogP contribution in [0.15, 0.2) is 0 Å². The Bertz CT molecular complexity index is 397. The number of carboxylic acid groups (broad SMARTS) is 1. The minimum Gasteiger partial charge on any atom is -0.481 e. The summed E-state index contributed by atoms with van der Waals surface area (Å²) in [4.78, 5) is 25.8. The number of carbonyl (C=O) groups is 2. The third kappa shape index (κ3) is 2.32. The lowest BCUT2D eigenvalue weighted by molar-refractivity contribution is -0.165. The van der Waals surface area contributed by atoms with E-state index in [1.807, 2.05) is 0 Å². The van der Waals surface area contributed by atoms with E-state index in [0.717, 1.165) is 25.7 Å². The van der Waals surface area contributed by atoms with Crippen LogP contribution in [0.4, 0.5) is 0 Å². The largest absolute Gasteiger partial charge is 0.481 e. The number of carbonyl (C=O) groups excluding carboxylic acids is 1. The van der Waals surface area contributed by atoms with E-state index in [-0.39, 0.29) is 23.3 Å². The number of carboxylic acids is 1. The normalized spacial score (nSPS) is 32.7. The van der Waals surface area contributed by atoms with Crippen molar-refractivity contribution < 1.29 is 19.4 Å². The highest BCUT2D eigenvalue weighted by molar-refractivity contribution is 5.80. The molecule has 1 saturated heterocycles. The molecule has 1 aliphatic heterocycles. The molecular formula is C15H23NO4. The van der Waals surface area contributed by atoms with E-state index >= 15 is 0 Å². The van der Waals surface area contributed by atoms with Crippen molar-refractivity contribution in [2.24, 2.45) is 11.8 Å². The Kier molecular flexibility index (Phi) is 3.71. The molecule has 2 aliphatic carbocycles. The van der Waals surface area contributed by atoms with Gasteiger partial charge >= 0.3 is 5.97 Å². The number of rotatable bonds is 2. The molecule has 0 bridgehead atoms. The molecule has 3 rings (SSSR count). The number of nitrogens with zero attached hydrogens (tertiary/aromatic N) is 1. The smallest absolute Gasteiger partial charge is 0.306 e. The second-order valence-electron chi connectivity index (χ2n) is 6.51. The van der Waals surface area contributed by atoms with Crippen LogP contribution < -0.4 is 0 Å². The molecule has 5 nitrogen and oxygen atoms in total. The highest BCUT2D eigenvalue weighted by Gasteiger charge is 2.48. The van der Waals surface area contributed by atoms with Gasteiger partial charge in [0, 0.05) is 12.5 Å². The average Bonchev–Trinajstić information content (AvgIpc) is 2.45. The summed E-state index contributed by atoms with van der Waals surface area (Å²) >= 11 is 0. The van der Waals surface area contributed by atoms with Crippen molar-refractivity contribution in [1.82, 2.24) is 4.90 Å². The average molecular weight is 281 g/mol. The zero-order valence-electron chi connectivity index (χ0n) is 11.8. The molecule has 0 atom stereocenters. The van der Waals surface area contributed by atoms with E-state index in [9.17, 15) is 9.59 Å². The van der Waals surface area contributed by atoms with Gasteiger partial charge in [0.2, 0.25) is 5.91 Å². The van der Waals surface area contributed by atoms with Crippen LogP contribution in [0, 0.1) is 11.8 Å². The molecule has 3 aliphatic rings. The predicted molar refractivity (Wildman–Crippen MR) is 72.2 cm³/mol. The number of aliphatic carboxylic acids is 1. The molecule has 112 valence electrons. The summed E-state index contributed by atoms with van der Waals surface area (Å²) in [6.07, 6.45) is 6.03. The molecule has 5 heteroatoms. The van der Waals surface area contributed by atoms with Crippen molar-refractivity contribution in [2.45, 2.75) is 50.5 Å². The lowest BCUT2D eigenvalue weighted by Gasteiger charge is -2.53. The highest BCUT2D eigenvalue weighted by atomic mass is 16.5. The summed E-state index contributed by atoms with van der Waals surface area (Å²) in [5.41, 5.74) is -0.0288. The third-order valence-electron chi connectivity index (χ3n) is 5.38. The Morgan fingerprint density at radius 2 is 1.75 bits per heavy atom. The molecule has 0 aromatic rings. The minimum absolute atomic E-state index is 0.0288. The standard InChI is InChI=1S/C15H23NO4/c17-13(11-2-4-12(5-3-11)14(18)19)16-8-9-20-10-15(16)6-1-7-15/h11-12H,1-10H2,(H,18,19). The second-order valence-corrected chi connectivity index (χ2v) is 6.51. The maximum Gasteiger partial charge on any atom is 0.306 e. The van der Waals surface area contributed by atoms with E-state index in [4.69, 9.17) is 9.84 Å². The van der Waals surface area contributed by atoms with Gasteiger partial charge in [-0.2, -0.15) is 0 Å². The van der Waals surface area contributed by atoms with Crippen LogP contribution >= 0.6 is 0 Å². The van der Waals surface area contributed by atoms with Gasteiger partial charge in [-0.3, -0.25) is 9.59 Å². The van der Waals surface area contributed by atoms with Gasteiger partial charge in [0.05, 0.1) is 24.7 Å². The fourth-order valence-corrected chi connectivity index (χ4v) is 3.88. The van der Waals surface area contributed by atoms with Crippen LogP contribution in [-0.2, 0) is 14.3 Å². The molecule has 0 radical (unpaired) electrons. The summed E-state index contributed by atoms with van der Waals surface area (Å²) in [7, 11) is 0. The monoisotopic (exact) mass is 281 g/mol. The van der Waals surface area contributed by atoms with Gasteiger partial charge in [-0.25, -0.2) is 0 Å². The van der Waals surface area contributed by atoms with E-state index in [1.54, 1.807) is 0 Å². The van der Waals surface area contributed by atoms with Crippen LogP contribution in [0.25, 0.3) is 0 Å². The van der Waals surface area contributed by atoms with Crippen molar-refractivity contribution >= 4 is 11.9 Å². The van der Waals surface area contributed by atoms with Crippen LogP contribution in [0.5, 0.6) is 0 Å². The fourth-order valence-electron chi connectivity index (χ4n) is 3.88. The second kappa shape index (κ2) is 5.35. The first-order valence-electron chi connectivity index (χ1n) is 7.74. The zero-order chi connectivity index (χ0) is 14.2. The van der Waals surface area contributed by atoms with Gasteiger partial charge in [-0.15, -0.1) is 0 Å². The van der Waals surface area contributed by atoms with E-state index in [0.29, 0.717) is 32.6 Å². The van der Waals surface area contributed by atoms with Gasteiger partial charge in [0.25, 0.3) is 0 Å². The lowest BCUT2D eigenvalue weighted by atomic mass is 9.73. The Hall–Kier alpha value is -1.10. The summed E-state index contributed by atoms with van der Waals surface area (Å²) in [6, 6.07) is 0. The van der Waals surface area contributed by atoms with Crippen molar-refractivity contribution in [3.8, 4) is 0 Å². The molecule has 0 aromatic carbocycles. The Morgan fingerprint density at radius 3 is 2.30 bits per heavy atom. The van der Waals surface area contributed by atoms with Crippen molar-refractivity contribution in [1.29, 1.82) is 0 Å². The SMILES string of the molecule is O=C(O)C1CCC(C(=O)N2CCOCC23CCC3)CC1. The van der Waals surface area contributed by atoms with Gasteiger partial charge in [-0.05, 0) is 44.9 Å². The first-order valence-corrected chi connectivity index (χ1v) is 7.74. The number of amides is 1. The minimum atomic E-state index is -0.710.